The van der Waals surface area contributed by atoms with Crippen LogP contribution in [-0.2, 0) is 16.4 Å². The fourth-order valence-electron chi connectivity index (χ4n) is 2.23. The fraction of sp³-hybridized carbons (Fsp3) is 0.545. The molecule has 1 fully saturated rings. The van der Waals surface area contributed by atoms with Crippen molar-refractivity contribution in [2.24, 2.45) is 5.41 Å². The molecule has 0 radical (unpaired) electrons. The summed E-state index contributed by atoms with van der Waals surface area (Å²) in [6.45, 7) is 3.52. The van der Waals surface area contributed by atoms with Gasteiger partial charge in [0.25, 0.3) is 0 Å². The summed E-state index contributed by atoms with van der Waals surface area (Å²) in [6.07, 6.45) is -4.02. The molecule has 2 rings (SSSR count). The first-order valence-electron chi connectivity index (χ1n) is 5.02. The lowest BCUT2D eigenvalue weighted by Crippen LogP contribution is -2.24. The molecule has 0 aromatic carbocycles. The first-order chi connectivity index (χ1) is 7.61. The minimum atomic E-state index is -4.40. The quantitative estimate of drug-likeness (QED) is 0.887. The Balaban J connectivity index is 2.42. The van der Waals surface area contributed by atoms with Crippen LogP contribution < -0.4 is 0 Å². The molecule has 6 heteroatoms. The van der Waals surface area contributed by atoms with E-state index in [0.29, 0.717) is 22.6 Å². The summed E-state index contributed by atoms with van der Waals surface area (Å²) in [4.78, 5) is 10.8. The van der Waals surface area contributed by atoms with Gasteiger partial charge in [0.1, 0.15) is 10.3 Å². The van der Waals surface area contributed by atoms with Crippen LogP contribution in [0.3, 0.4) is 0 Å². The summed E-state index contributed by atoms with van der Waals surface area (Å²) in [5, 5.41) is 9.23. The molecule has 0 spiro atoms. The molecule has 0 aliphatic heterocycles. The number of carbonyl (C=O) groups is 1. The number of hydrogen-bond acceptors (Lipinski definition) is 2. The van der Waals surface area contributed by atoms with Gasteiger partial charge in [-0.15, -0.1) is 11.3 Å². The second-order valence-electron chi connectivity index (χ2n) is 4.93. The molecule has 94 valence electrons. The van der Waals surface area contributed by atoms with Crippen molar-refractivity contribution in [1.29, 1.82) is 0 Å². The van der Waals surface area contributed by atoms with Crippen molar-refractivity contribution >= 4 is 17.3 Å². The van der Waals surface area contributed by atoms with Crippen LogP contribution in [0.15, 0.2) is 12.1 Å². The summed E-state index contributed by atoms with van der Waals surface area (Å²) in [5.41, 5.74) is -1.62. The zero-order chi connectivity index (χ0) is 13.1. The topological polar surface area (TPSA) is 37.3 Å². The van der Waals surface area contributed by atoms with Crippen LogP contribution in [0, 0.1) is 5.41 Å². The lowest BCUT2D eigenvalue weighted by Gasteiger charge is -2.13. The van der Waals surface area contributed by atoms with Gasteiger partial charge in [0.2, 0.25) is 0 Å². The van der Waals surface area contributed by atoms with E-state index in [1.807, 2.05) is 0 Å². The smallest absolute Gasteiger partial charge is 0.425 e. The molecule has 0 bridgehead atoms. The second-order valence-corrected chi connectivity index (χ2v) is 6.02. The third-order valence-corrected chi connectivity index (χ3v) is 4.70. The normalized spacial score (nSPS) is 26.9. The van der Waals surface area contributed by atoms with Crippen LogP contribution in [0.4, 0.5) is 13.2 Å². The van der Waals surface area contributed by atoms with E-state index in [4.69, 9.17) is 0 Å². The van der Waals surface area contributed by atoms with Crippen LogP contribution in [0.25, 0.3) is 0 Å². The number of alkyl halides is 3. The number of carboxylic acids is 1. The first-order valence-corrected chi connectivity index (χ1v) is 5.84. The molecule has 1 saturated carbocycles. The van der Waals surface area contributed by atoms with Crippen molar-refractivity contribution in [2.45, 2.75) is 31.9 Å². The standard InChI is InChI=1S/C11H11F3O2S/c1-9(2)5-10(9,8(15)16)6-3-4-7(17-6)11(12,13)14/h3-4H,5H2,1-2H3,(H,15,16). The minimum absolute atomic E-state index is 0.294. The van der Waals surface area contributed by atoms with Gasteiger partial charge in [-0.2, -0.15) is 13.2 Å². The Labute approximate surface area is 100 Å². The van der Waals surface area contributed by atoms with Crippen LogP contribution in [0.2, 0.25) is 0 Å². The Morgan fingerprint density at radius 3 is 2.24 bits per heavy atom. The van der Waals surface area contributed by atoms with Gasteiger partial charge in [-0.1, -0.05) is 13.8 Å². The van der Waals surface area contributed by atoms with Gasteiger partial charge in [0.05, 0.1) is 0 Å². The van der Waals surface area contributed by atoms with E-state index >= 15 is 0 Å². The summed E-state index contributed by atoms with van der Waals surface area (Å²) < 4.78 is 37.4. The summed E-state index contributed by atoms with van der Waals surface area (Å²) in [5.74, 6) is -1.04. The Morgan fingerprint density at radius 1 is 1.41 bits per heavy atom. The van der Waals surface area contributed by atoms with Crippen molar-refractivity contribution in [3.8, 4) is 0 Å². The van der Waals surface area contributed by atoms with Crippen LogP contribution in [-0.4, -0.2) is 11.1 Å². The van der Waals surface area contributed by atoms with Gasteiger partial charge < -0.3 is 5.11 Å². The zero-order valence-electron chi connectivity index (χ0n) is 9.26. The van der Waals surface area contributed by atoms with Gasteiger partial charge >= 0.3 is 12.1 Å². The number of aliphatic carboxylic acids is 1. The third kappa shape index (κ3) is 1.66. The number of hydrogen-bond donors (Lipinski definition) is 1. The van der Waals surface area contributed by atoms with Gasteiger partial charge in [-0.3, -0.25) is 4.79 Å². The van der Waals surface area contributed by atoms with E-state index in [2.05, 4.69) is 0 Å². The molecule has 1 heterocycles. The monoisotopic (exact) mass is 264 g/mol. The molecule has 1 N–H and O–H groups in total. The van der Waals surface area contributed by atoms with Gasteiger partial charge in [-0.25, -0.2) is 0 Å². The highest BCUT2D eigenvalue weighted by atomic mass is 32.1. The Kier molecular flexibility index (Phi) is 2.37. The number of rotatable bonds is 2. The third-order valence-electron chi connectivity index (χ3n) is 3.41. The van der Waals surface area contributed by atoms with Gasteiger partial charge in [0.15, 0.2) is 0 Å². The molecule has 2 nitrogen and oxygen atoms in total. The van der Waals surface area contributed by atoms with Gasteiger partial charge in [-0.05, 0) is 24.0 Å². The van der Waals surface area contributed by atoms with E-state index in [9.17, 15) is 23.1 Å². The molecule has 0 saturated heterocycles. The molecule has 1 unspecified atom stereocenters. The van der Waals surface area contributed by atoms with Crippen molar-refractivity contribution in [3.63, 3.8) is 0 Å². The molecule has 1 aromatic heterocycles. The van der Waals surface area contributed by atoms with E-state index in [1.165, 1.54) is 6.07 Å². The molecule has 1 atom stereocenters. The van der Waals surface area contributed by atoms with Crippen LogP contribution in [0.5, 0.6) is 0 Å². The average molecular weight is 264 g/mol. The number of carboxylic acid groups (broad SMARTS) is 1. The molecule has 1 aromatic rings. The molecule has 1 aliphatic rings. The zero-order valence-corrected chi connectivity index (χ0v) is 10.1. The van der Waals surface area contributed by atoms with Crippen molar-refractivity contribution in [3.05, 3.63) is 21.9 Å². The van der Waals surface area contributed by atoms with Crippen molar-refractivity contribution in [2.75, 3.05) is 0 Å². The van der Waals surface area contributed by atoms with E-state index in [0.717, 1.165) is 6.07 Å². The highest BCUT2D eigenvalue weighted by Crippen LogP contribution is 2.65. The number of thiophene rings is 1. The first kappa shape index (κ1) is 12.4. The maximum absolute atomic E-state index is 12.5. The highest BCUT2D eigenvalue weighted by molar-refractivity contribution is 7.12. The average Bonchev–Trinajstić information content (AvgIpc) is 2.61. The second kappa shape index (κ2) is 3.25. The Morgan fingerprint density at radius 2 is 1.94 bits per heavy atom. The van der Waals surface area contributed by atoms with E-state index in [-0.39, 0.29) is 0 Å². The summed E-state index contributed by atoms with van der Waals surface area (Å²) in [7, 11) is 0. The Bertz CT molecular complexity index is 475. The maximum Gasteiger partial charge on any atom is 0.425 e. The fourth-order valence-corrected chi connectivity index (χ4v) is 3.46. The molecule has 0 amide bonds. The largest absolute Gasteiger partial charge is 0.481 e. The number of halogens is 3. The molecule has 17 heavy (non-hydrogen) atoms. The van der Waals surface area contributed by atoms with Crippen LogP contribution in [0.1, 0.15) is 30.0 Å². The predicted molar refractivity (Wildman–Crippen MR) is 57.0 cm³/mol. The minimum Gasteiger partial charge on any atom is -0.481 e. The van der Waals surface area contributed by atoms with E-state index < -0.39 is 27.9 Å². The van der Waals surface area contributed by atoms with E-state index in [1.54, 1.807) is 13.8 Å². The van der Waals surface area contributed by atoms with Gasteiger partial charge in [0, 0.05) is 4.88 Å². The Hall–Kier alpha value is -1.04. The van der Waals surface area contributed by atoms with Crippen molar-refractivity contribution in [1.82, 2.24) is 0 Å². The lowest BCUT2D eigenvalue weighted by atomic mass is 9.94. The maximum atomic E-state index is 12.5. The molecule has 1 aliphatic carbocycles. The molecular formula is C11H11F3O2S. The highest BCUT2D eigenvalue weighted by Gasteiger charge is 2.68. The van der Waals surface area contributed by atoms with Crippen molar-refractivity contribution < 1.29 is 23.1 Å². The summed E-state index contributed by atoms with van der Waals surface area (Å²) >= 11 is 0.534. The molecular weight excluding hydrogens is 253 g/mol. The lowest BCUT2D eigenvalue weighted by molar-refractivity contribution is -0.141. The predicted octanol–water partition coefficient (Wildman–Crippen LogP) is 3.52. The SMILES string of the molecule is CC1(C)CC1(C(=O)O)c1ccc(C(F)(F)F)s1. The van der Waals surface area contributed by atoms with Crippen LogP contribution >= 0.6 is 11.3 Å². The summed E-state index contributed by atoms with van der Waals surface area (Å²) in [6, 6.07) is 2.25.